The molecule has 2 heteroatoms. The number of rotatable bonds is 3. The molecular weight excluding hydrogens is 258 g/mol. The molecule has 0 radical (unpaired) electrons. The summed E-state index contributed by atoms with van der Waals surface area (Å²) in [6.07, 6.45) is 2.84. The first kappa shape index (κ1) is 14.1. The molecule has 1 saturated heterocycles. The van der Waals surface area contributed by atoms with Crippen LogP contribution in [0.5, 0.6) is 0 Å². The Morgan fingerprint density at radius 2 is 1.95 bits per heavy atom. The monoisotopic (exact) mass is 281 g/mol. The molecule has 0 aliphatic carbocycles. The van der Waals surface area contributed by atoms with Gasteiger partial charge in [-0.15, -0.1) is 0 Å². The lowest BCUT2D eigenvalue weighted by atomic mass is 9.97. The van der Waals surface area contributed by atoms with E-state index < -0.39 is 0 Å². The molecule has 0 N–H and O–H groups in total. The molecule has 21 heavy (non-hydrogen) atoms. The third kappa shape index (κ3) is 2.80. The summed E-state index contributed by atoms with van der Waals surface area (Å²) in [7, 11) is 0. The van der Waals surface area contributed by atoms with E-state index in [0.29, 0.717) is 18.2 Å². The Balaban J connectivity index is 1.95. The zero-order valence-corrected chi connectivity index (χ0v) is 12.9. The summed E-state index contributed by atoms with van der Waals surface area (Å²) in [6, 6.07) is 15.2. The van der Waals surface area contributed by atoms with Crippen LogP contribution in [0, 0.1) is 5.92 Å². The predicted octanol–water partition coefficient (Wildman–Crippen LogP) is 4.55. The van der Waals surface area contributed by atoms with Crippen LogP contribution >= 0.6 is 0 Å². The molecule has 1 unspecified atom stereocenters. The molecule has 2 aromatic carbocycles. The summed E-state index contributed by atoms with van der Waals surface area (Å²) in [5, 5.41) is 2.55. The third-order valence-electron chi connectivity index (χ3n) is 4.34. The molecule has 1 atom stereocenters. The van der Waals surface area contributed by atoms with Gasteiger partial charge in [-0.05, 0) is 35.1 Å². The maximum atomic E-state index is 12.5. The number of fused-ring (bicyclic) bond motifs is 1. The zero-order chi connectivity index (χ0) is 14.8. The van der Waals surface area contributed by atoms with E-state index in [-0.39, 0.29) is 6.04 Å². The van der Waals surface area contributed by atoms with Crippen LogP contribution in [-0.4, -0.2) is 17.4 Å². The summed E-state index contributed by atoms with van der Waals surface area (Å²) in [4.78, 5) is 14.6. The van der Waals surface area contributed by atoms with Crippen LogP contribution in [0.4, 0.5) is 0 Å². The van der Waals surface area contributed by atoms with Gasteiger partial charge in [0.25, 0.3) is 0 Å². The lowest BCUT2D eigenvalue weighted by Crippen LogP contribution is -2.31. The maximum absolute atomic E-state index is 12.5. The molecule has 0 bridgehead atoms. The average Bonchev–Trinajstić information content (AvgIpc) is 2.95. The van der Waals surface area contributed by atoms with Gasteiger partial charge >= 0.3 is 0 Å². The van der Waals surface area contributed by atoms with Crippen molar-refractivity contribution < 1.29 is 4.79 Å². The zero-order valence-electron chi connectivity index (χ0n) is 12.9. The first-order valence-corrected chi connectivity index (χ1v) is 7.94. The lowest BCUT2D eigenvalue weighted by molar-refractivity contribution is -0.132. The van der Waals surface area contributed by atoms with Gasteiger partial charge in [0.15, 0.2) is 0 Å². The molecular formula is C19H23NO. The number of benzene rings is 2. The third-order valence-corrected chi connectivity index (χ3v) is 4.34. The minimum Gasteiger partial charge on any atom is -0.336 e. The Morgan fingerprint density at radius 3 is 2.76 bits per heavy atom. The van der Waals surface area contributed by atoms with Crippen LogP contribution in [-0.2, 0) is 4.79 Å². The van der Waals surface area contributed by atoms with Crippen LogP contribution < -0.4 is 0 Å². The number of carbonyl (C=O) groups excluding carboxylic acids is 1. The standard InChI is InChI=1S/C19H23NO/c1-14(2)13-19(21)20-12-6-11-18(20)17-10-5-8-15-7-3-4-9-16(15)17/h3-5,7-10,14,18H,6,11-13H2,1-2H3. The average molecular weight is 281 g/mol. The predicted molar refractivity (Wildman–Crippen MR) is 87.1 cm³/mol. The number of amides is 1. The van der Waals surface area contributed by atoms with E-state index in [0.717, 1.165) is 19.4 Å². The van der Waals surface area contributed by atoms with Gasteiger partial charge < -0.3 is 4.90 Å². The van der Waals surface area contributed by atoms with Gasteiger partial charge in [-0.2, -0.15) is 0 Å². The first-order chi connectivity index (χ1) is 10.2. The second kappa shape index (κ2) is 5.88. The van der Waals surface area contributed by atoms with Crippen LogP contribution in [0.15, 0.2) is 42.5 Å². The Morgan fingerprint density at radius 1 is 1.19 bits per heavy atom. The fraction of sp³-hybridized carbons (Fsp3) is 0.421. The molecule has 1 amide bonds. The Bertz CT molecular complexity index is 642. The molecule has 2 aromatic rings. The number of hydrogen-bond acceptors (Lipinski definition) is 1. The summed E-state index contributed by atoms with van der Waals surface area (Å²) in [5.74, 6) is 0.728. The van der Waals surface area contributed by atoms with Gasteiger partial charge in [0, 0.05) is 13.0 Å². The Hall–Kier alpha value is -1.83. The highest BCUT2D eigenvalue weighted by molar-refractivity contribution is 5.87. The van der Waals surface area contributed by atoms with Crippen molar-refractivity contribution in [1.82, 2.24) is 4.90 Å². The highest BCUT2D eigenvalue weighted by Crippen LogP contribution is 2.36. The number of nitrogens with zero attached hydrogens (tertiary/aromatic N) is 1. The summed E-state index contributed by atoms with van der Waals surface area (Å²) >= 11 is 0. The van der Waals surface area contributed by atoms with E-state index in [1.807, 2.05) is 0 Å². The Kier molecular flexibility index (Phi) is 3.96. The van der Waals surface area contributed by atoms with Crippen LogP contribution in [0.3, 0.4) is 0 Å². The molecule has 0 saturated carbocycles. The van der Waals surface area contributed by atoms with Gasteiger partial charge in [-0.1, -0.05) is 56.3 Å². The van der Waals surface area contributed by atoms with Crippen molar-refractivity contribution in [2.45, 2.75) is 39.2 Å². The smallest absolute Gasteiger partial charge is 0.223 e. The molecule has 0 aromatic heterocycles. The highest BCUT2D eigenvalue weighted by Gasteiger charge is 2.30. The SMILES string of the molecule is CC(C)CC(=O)N1CCCC1c1cccc2ccccc12. The molecule has 0 spiro atoms. The van der Waals surface area contributed by atoms with Gasteiger partial charge in [0.05, 0.1) is 6.04 Å². The van der Waals surface area contributed by atoms with E-state index in [9.17, 15) is 4.79 Å². The van der Waals surface area contributed by atoms with Crippen molar-refractivity contribution in [2.24, 2.45) is 5.92 Å². The van der Waals surface area contributed by atoms with Gasteiger partial charge in [-0.25, -0.2) is 0 Å². The second-order valence-corrected chi connectivity index (χ2v) is 6.41. The molecule has 2 nitrogen and oxygen atoms in total. The quantitative estimate of drug-likeness (QED) is 0.808. The van der Waals surface area contributed by atoms with E-state index >= 15 is 0 Å². The van der Waals surface area contributed by atoms with Crippen LogP contribution in [0.25, 0.3) is 10.8 Å². The van der Waals surface area contributed by atoms with Crippen molar-refractivity contribution in [3.05, 3.63) is 48.0 Å². The number of hydrogen-bond donors (Lipinski definition) is 0. The van der Waals surface area contributed by atoms with Crippen molar-refractivity contribution in [3.8, 4) is 0 Å². The van der Waals surface area contributed by atoms with Crippen LogP contribution in [0.2, 0.25) is 0 Å². The maximum Gasteiger partial charge on any atom is 0.223 e. The summed E-state index contributed by atoms with van der Waals surface area (Å²) in [5.41, 5.74) is 1.31. The fourth-order valence-corrected chi connectivity index (χ4v) is 3.40. The van der Waals surface area contributed by atoms with Crippen molar-refractivity contribution in [2.75, 3.05) is 6.54 Å². The summed E-state index contributed by atoms with van der Waals surface area (Å²) < 4.78 is 0. The van der Waals surface area contributed by atoms with Crippen LogP contribution in [0.1, 0.15) is 44.7 Å². The lowest BCUT2D eigenvalue weighted by Gasteiger charge is -2.27. The van der Waals surface area contributed by atoms with Crippen molar-refractivity contribution in [3.63, 3.8) is 0 Å². The van der Waals surface area contributed by atoms with Crippen molar-refractivity contribution >= 4 is 16.7 Å². The number of carbonyl (C=O) groups is 1. The molecule has 1 aliphatic rings. The van der Waals surface area contributed by atoms with E-state index in [2.05, 4.69) is 61.2 Å². The highest BCUT2D eigenvalue weighted by atomic mass is 16.2. The van der Waals surface area contributed by atoms with E-state index in [1.54, 1.807) is 0 Å². The largest absolute Gasteiger partial charge is 0.336 e. The van der Waals surface area contributed by atoms with E-state index in [4.69, 9.17) is 0 Å². The molecule has 1 heterocycles. The molecule has 3 rings (SSSR count). The molecule has 1 fully saturated rings. The van der Waals surface area contributed by atoms with E-state index in [1.165, 1.54) is 16.3 Å². The van der Waals surface area contributed by atoms with Gasteiger partial charge in [0.1, 0.15) is 0 Å². The fourth-order valence-electron chi connectivity index (χ4n) is 3.40. The Labute approximate surface area is 126 Å². The second-order valence-electron chi connectivity index (χ2n) is 6.41. The van der Waals surface area contributed by atoms with Crippen molar-refractivity contribution in [1.29, 1.82) is 0 Å². The molecule has 1 aliphatic heterocycles. The normalized spacial score (nSPS) is 18.6. The summed E-state index contributed by atoms with van der Waals surface area (Å²) in [6.45, 7) is 5.13. The minimum atomic E-state index is 0.252. The topological polar surface area (TPSA) is 20.3 Å². The first-order valence-electron chi connectivity index (χ1n) is 7.94. The molecule has 110 valence electrons. The minimum absolute atomic E-state index is 0.252. The van der Waals surface area contributed by atoms with Gasteiger partial charge in [-0.3, -0.25) is 4.79 Å². The van der Waals surface area contributed by atoms with Gasteiger partial charge in [0.2, 0.25) is 5.91 Å². The number of likely N-dealkylation sites (tertiary alicyclic amines) is 1.